The third-order valence-corrected chi connectivity index (χ3v) is 3.93. The zero-order chi connectivity index (χ0) is 19.1. The molecule has 0 atom stereocenters. The molecule has 3 rings (SSSR count). The Balaban J connectivity index is 1.83. The molecule has 0 radical (unpaired) electrons. The van der Waals surface area contributed by atoms with E-state index in [-0.39, 0.29) is 11.7 Å². The Bertz CT molecular complexity index is 867. The third-order valence-electron chi connectivity index (χ3n) is 3.93. The molecule has 3 aromatic rings. The van der Waals surface area contributed by atoms with Crippen LogP contribution in [0.3, 0.4) is 0 Å². The molecule has 1 aromatic carbocycles. The van der Waals surface area contributed by atoms with Gasteiger partial charge in [0.05, 0.1) is 5.56 Å². The van der Waals surface area contributed by atoms with E-state index in [4.69, 9.17) is 0 Å². The number of anilines is 1. The van der Waals surface area contributed by atoms with E-state index in [1.54, 1.807) is 41.6 Å². The van der Waals surface area contributed by atoms with Crippen molar-refractivity contribution >= 4 is 11.9 Å². The van der Waals surface area contributed by atoms with Gasteiger partial charge in [-0.05, 0) is 36.2 Å². The summed E-state index contributed by atoms with van der Waals surface area (Å²) in [5, 5.41) is 12.5. The second-order valence-corrected chi connectivity index (χ2v) is 6.01. The molecule has 0 saturated heterocycles. The molecular formula is C20H21N5O2. The van der Waals surface area contributed by atoms with Crippen molar-refractivity contribution in [3.63, 3.8) is 0 Å². The Labute approximate surface area is 157 Å². The molecule has 2 heterocycles. The molecule has 0 aliphatic heterocycles. The van der Waals surface area contributed by atoms with E-state index in [0.717, 1.165) is 11.1 Å². The molecule has 0 aliphatic rings. The van der Waals surface area contributed by atoms with E-state index >= 15 is 0 Å². The Morgan fingerprint density at radius 1 is 1.04 bits per heavy atom. The molecule has 0 spiro atoms. The number of rotatable bonds is 7. The van der Waals surface area contributed by atoms with Gasteiger partial charge in [0.25, 0.3) is 5.91 Å². The lowest BCUT2D eigenvalue weighted by molar-refractivity contribution is 0.0729. The lowest BCUT2D eigenvalue weighted by Gasteiger charge is -2.23. The molecule has 0 saturated carbocycles. The maximum Gasteiger partial charge on any atom is 0.257 e. The second kappa shape index (κ2) is 8.75. The van der Waals surface area contributed by atoms with Crippen LogP contribution in [0, 0.1) is 0 Å². The molecule has 2 N–H and O–H groups in total. The number of aromatic hydroxyl groups is 1. The highest BCUT2D eigenvalue weighted by molar-refractivity contribution is 5.93. The maximum absolute atomic E-state index is 13.0. The van der Waals surface area contributed by atoms with Gasteiger partial charge in [-0.1, -0.05) is 18.2 Å². The average molecular weight is 363 g/mol. The molecule has 0 fully saturated rings. The topological polar surface area (TPSA) is 91.2 Å². The van der Waals surface area contributed by atoms with Crippen molar-refractivity contribution in [2.75, 3.05) is 11.9 Å². The van der Waals surface area contributed by atoms with E-state index in [9.17, 15) is 9.90 Å². The highest BCUT2D eigenvalue weighted by atomic mass is 16.3. The SMILES string of the molecule is CCNc1ncc(C(=O)N(Cc2ccc(O)cc2)Cc2cccnc2)cn1. The first-order chi connectivity index (χ1) is 13.2. The number of hydrogen-bond acceptors (Lipinski definition) is 6. The quantitative estimate of drug-likeness (QED) is 0.671. The monoisotopic (exact) mass is 363 g/mol. The summed E-state index contributed by atoms with van der Waals surface area (Å²) in [5.74, 6) is 0.512. The van der Waals surface area contributed by atoms with Gasteiger partial charge in [-0.15, -0.1) is 0 Å². The number of phenols is 1. The van der Waals surface area contributed by atoms with Gasteiger partial charge in [0.2, 0.25) is 5.95 Å². The van der Waals surface area contributed by atoms with Crippen LogP contribution < -0.4 is 5.32 Å². The Morgan fingerprint density at radius 3 is 2.37 bits per heavy atom. The third kappa shape index (κ3) is 5.01. The van der Waals surface area contributed by atoms with Gasteiger partial charge in [-0.3, -0.25) is 9.78 Å². The van der Waals surface area contributed by atoms with E-state index < -0.39 is 0 Å². The van der Waals surface area contributed by atoms with Crippen LogP contribution in [-0.2, 0) is 13.1 Å². The minimum atomic E-state index is -0.171. The summed E-state index contributed by atoms with van der Waals surface area (Å²) in [6, 6.07) is 10.6. The van der Waals surface area contributed by atoms with E-state index in [1.807, 2.05) is 19.1 Å². The van der Waals surface area contributed by atoms with Gasteiger partial charge in [0.15, 0.2) is 0 Å². The number of phenolic OH excluding ortho intramolecular Hbond substituents is 1. The summed E-state index contributed by atoms with van der Waals surface area (Å²) in [6.07, 6.45) is 6.49. The predicted octanol–water partition coefficient (Wildman–Crippen LogP) is 2.85. The first-order valence-corrected chi connectivity index (χ1v) is 8.67. The molecule has 0 unspecified atom stereocenters. The van der Waals surface area contributed by atoms with Crippen molar-refractivity contribution in [3.05, 3.63) is 77.9 Å². The van der Waals surface area contributed by atoms with Crippen molar-refractivity contribution in [2.24, 2.45) is 0 Å². The van der Waals surface area contributed by atoms with Crippen LogP contribution in [0.5, 0.6) is 5.75 Å². The minimum Gasteiger partial charge on any atom is -0.508 e. The zero-order valence-corrected chi connectivity index (χ0v) is 15.0. The number of benzene rings is 1. The number of pyridine rings is 1. The van der Waals surface area contributed by atoms with Crippen molar-refractivity contribution in [2.45, 2.75) is 20.0 Å². The van der Waals surface area contributed by atoms with Crippen LogP contribution in [0.4, 0.5) is 5.95 Å². The minimum absolute atomic E-state index is 0.171. The standard InChI is InChI=1S/C20H21N5O2/c1-2-22-20-23-11-17(12-24-20)19(27)25(14-16-4-3-9-21-10-16)13-15-5-7-18(26)8-6-15/h3-12,26H,2,13-14H2,1H3,(H,22,23,24). The molecule has 2 aromatic heterocycles. The van der Waals surface area contributed by atoms with Crippen LogP contribution in [0.15, 0.2) is 61.2 Å². The highest BCUT2D eigenvalue weighted by Crippen LogP contribution is 2.16. The van der Waals surface area contributed by atoms with Crippen LogP contribution in [0.1, 0.15) is 28.4 Å². The van der Waals surface area contributed by atoms with E-state index in [1.165, 1.54) is 12.4 Å². The first kappa shape index (κ1) is 18.3. The summed E-state index contributed by atoms with van der Waals surface area (Å²) in [5.41, 5.74) is 2.25. The fourth-order valence-corrected chi connectivity index (χ4v) is 2.60. The number of hydrogen-bond donors (Lipinski definition) is 2. The van der Waals surface area contributed by atoms with Gasteiger partial charge >= 0.3 is 0 Å². The van der Waals surface area contributed by atoms with Crippen molar-refractivity contribution in [1.29, 1.82) is 0 Å². The van der Waals surface area contributed by atoms with Crippen molar-refractivity contribution < 1.29 is 9.90 Å². The average Bonchev–Trinajstić information content (AvgIpc) is 2.70. The number of aromatic nitrogens is 3. The summed E-state index contributed by atoms with van der Waals surface area (Å²) in [7, 11) is 0. The number of amides is 1. The highest BCUT2D eigenvalue weighted by Gasteiger charge is 2.18. The maximum atomic E-state index is 13.0. The van der Waals surface area contributed by atoms with Crippen molar-refractivity contribution in [3.8, 4) is 5.75 Å². The zero-order valence-electron chi connectivity index (χ0n) is 15.0. The van der Waals surface area contributed by atoms with E-state index in [2.05, 4.69) is 20.3 Å². The summed E-state index contributed by atoms with van der Waals surface area (Å²) in [6.45, 7) is 3.46. The Hall–Kier alpha value is -3.48. The smallest absolute Gasteiger partial charge is 0.257 e. The van der Waals surface area contributed by atoms with Gasteiger partial charge < -0.3 is 15.3 Å². The fourth-order valence-electron chi connectivity index (χ4n) is 2.60. The van der Waals surface area contributed by atoms with Gasteiger partial charge in [-0.25, -0.2) is 9.97 Å². The molecule has 27 heavy (non-hydrogen) atoms. The van der Waals surface area contributed by atoms with Crippen LogP contribution in [0.25, 0.3) is 0 Å². The van der Waals surface area contributed by atoms with Gasteiger partial charge in [-0.2, -0.15) is 0 Å². The first-order valence-electron chi connectivity index (χ1n) is 8.67. The lowest BCUT2D eigenvalue weighted by Crippen LogP contribution is -2.30. The molecule has 0 aliphatic carbocycles. The molecule has 1 amide bonds. The second-order valence-electron chi connectivity index (χ2n) is 6.01. The van der Waals surface area contributed by atoms with Gasteiger partial charge in [0.1, 0.15) is 5.75 Å². The summed E-state index contributed by atoms with van der Waals surface area (Å²) in [4.78, 5) is 27.2. The summed E-state index contributed by atoms with van der Waals surface area (Å²) >= 11 is 0. The predicted molar refractivity (Wildman–Crippen MR) is 102 cm³/mol. The fraction of sp³-hybridized carbons (Fsp3) is 0.200. The number of carbonyl (C=O) groups excluding carboxylic acids is 1. The Kier molecular flexibility index (Phi) is 5.94. The van der Waals surface area contributed by atoms with Crippen LogP contribution in [0.2, 0.25) is 0 Å². The molecule has 7 heteroatoms. The molecule has 7 nitrogen and oxygen atoms in total. The number of nitrogens with one attached hydrogen (secondary N) is 1. The molecular weight excluding hydrogens is 342 g/mol. The van der Waals surface area contributed by atoms with Crippen LogP contribution in [-0.4, -0.2) is 37.4 Å². The lowest BCUT2D eigenvalue weighted by atomic mass is 10.1. The Morgan fingerprint density at radius 2 is 1.74 bits per heavy atom. The summed E-state index contributed by atoms with van der Waals surface area (Å²) < 4.78 is 0. The van der Waals surface area contributed by atoms with Crippen molar-refractivity contribution in [1.82, 2.24) is 19.9 Å². The normalized spacial score (nSPS) is 10.4. The van der Waals surface area contributed by atoms with Crippen LogP contribution >= 0.6 is 0 Å². The van der Waals surface area contributed by atoms with E-state index in [0.29, 0.717) is 31.1 Å². The molecule has 0 bridgehead atoms. The number of carbonyl (C=O) groups is 1. The molecule has 138 valence electrons. The van der Waals surface area contributed by atoms with Gasteiger partial charge in [0, 0.05) is 44.4 Å². The largest absolute Gasteiger partial charge is 0.508 e. The number of nitrogens with zero attached hydrogens (tertiary/aromatic N) is 4.